The van der Waals surface area contributed by atoms with E-state index in [-0.39, 0.29) is 27.9 Å². The Labute approximate surface area is 248 Å². The molecule has 0 unspecified atom stereocenters. The predicted molar refractivity (Wildman–Crippen MR) is 139 cm³/mol. The number of phosphoric acid groups is 1. The number of ether oxygens (including phenoxy) is 4. The fraction of sp³-hybridized carbons (Fsp3) is 0.304. The lowest BCUT2D eigenvalue weighted by atomic mass is 10.1. The summed E-state index contributed by atoms with van der Waals surface area (Å²) in [4.78, 5) is 42.7. The van der Waals surface area contributed by atoms with Crippen molar-refractivity contribution in [3.63, 3.8) is 0 Å². The Kier molecular flexibility index (Phi) is 4.15. The fourth-order valence-electron chi connectivity index (χ4n) is 2.89. The van der Waals surface area contributed by atoms with Gasteiger partial charge in [-0.2, -0.15) is 4.98 Å². The Morgan fingerprint density at radius 1 is 1.20 bits per heavy atom. The van der Waals surface area contributed by atoms with Crippen molar-refractivity contribution in [2.45, 2.75) is 19.3 Å². The van der Waals surface area contributed by atoms with Gasteiger partial charge in [-0.05, 0) is 25.8 Å². The van der Waals surface area contributed by atoms with Crippen LogP contribution in [0.15, 0.2) is 30.3 Å². The highest BCUT2D eigenvalue weighted by Crippen LogP contribution is 2.42. The van der Waals surface area contributed by atoms with E-state index in [9.17, 15) is 19.1 Å². The second-order valence-corrected chi connectivity index (χ2v) is 8.29. The maximum Gasteiger partial charge on any atom is 0.471 e. The molecule has 0 spiro atoms. The van der Waals surface area contributed by atoms with Gasteiger partial charge in [0.15, 0.2) is 43.1 Å². The van der Waals surface area contributed by atoms with Gasteiger partial charge in [-0.25, -0.2) is 18.9 Å². The zero-order valence-corrected chi connectivity index (χ0v) is 21.2. The van der Waals surface area contributed by atoms with Crippen LogP contribution < -0.4 is 34.5 Å². The Bertz CT molecular complexity index is 2060. The number of carbonyl (C=O) groups excluding carboxylic acids is 1. The summed E-state index contributed by atoms with van der Waals surface area (Å²) in [6.07, 6.45) is -1.36. The minimum absolute atomic E-state index is 0.132. The molecule has 0 bridgehead atoms. The lowest BCUT2D eigenvalue weighted by Crippen LogP contribution is -2.53. The summed E-state index contributed by atoms with van der Waals surface area (Å²) in [5, 5.41) is -0.129. The molecule has 2 aromatic heterocycles. The second kappa shape index (κ2) is 11.1. The molecular formula is C23H26FN6O9P. The highest BCUT2D eigenvalue weighted by atomic mass is 31.2. The van der Waals surface area contributed by atoms with Crippen LogP contribution in [0.2, 0.25) is 2.82 Å². The number of carbonyl (C=O) groups is 1. The molecule has 4 N–H and O–H groups in total. The lowest BCUT2D eigenvalue weighted by molar-refractivity contribution is -0.133. The number of nitrogens with zero attached hydrogens (tertiary/aromatic N) is 4. The predicted octanol–water partition coefficient (Wildman–Crippen LogP) is 3.09. The van der Waals surface area contributed by atoms with Crippen LogP contribution in [0.25, 0.3) is 0 Å². The molecule has 1 amide bonds. The Morgan fingerprint density at radius 3 is 2.50 bits per heavy atom. The summed E-state index contributed by atoms with van der Waals surface area (Å²) in [7, 11) is -2.61. The zero-order chi connectivity index (χ0) is 42.1. The van der Waals surface area contributed by atoms with Crippen LogP contribution in [-0.4, -0.2) is 64.3 Å². The number of rotatable bonds is 10. The molecule has 1 aromatic carbocycles. The number of aromatic nitrogens is 3. The normalized spacial score (nSPS) is 20.6. The number of fused-ring (bicyclic) bond motifs is 1. The van der Waals surface area contributed by atoms with Crippen LogP contribution in [0.5, 0.6) is 23.0 Å². The molecule has 3 aromatic rings. The van der Waals surface area contributed by atoms with Gasteiger partial charge in [0.2, 0.25) is 11.7 Å². The van der Waals surface area contributed by atoms with Gasteiger partial charge in [-0.1, -0.05) is 0 Å². The molecular weight excluding hydrogens is 554 g/mol. The van der Waals surface area contributed by atoms with Gasteiger partial charge in [-0.3, -0.25) is 14.2 Å². The Morgan fingerprint density at radius 2 is 1.90 bits per heavy atom. The monoisotopic (exact) mass is 595 g/mol. The summed E-state index contributed by atoms with van der Waals surface area (Å²) in [6, 6.07) is -4.20. The average Bonchev–Trinajstić information content (AvgIpc) is 3.04. The van der Waals surface area contributed by atoms with Crippen molar-refractivity contribution in [2.75, 3.05) is 43.5 Å². The SMILES string of the molecule is [2H]c1nc(N([2H])c2c([2H])c(OC)c(OC)c(OC)c2[2H])nc(N([2H])c2nc3c(c([2H])c2[2H])OC(C([2H])([2H])[2H])(C([2H])([2H])[2H])C(=O)N3C([2H])([2H])OP(=O)(O)O)c1F. The minimum Gasteiger partial charge on any atom is -0.493 e. The van der Waals surface area contributed by atoms with E-state index in [0.29, 0.717) is 0 Å². The molecule has 40 heavy (non-hydrogen) atoms. The Hall–Kier alpha value is -4.24. The van der Waals surface area contributed by atoms with Gasteiger partial charge in [0.25, 0.3) is 5.91 Å². The van der Waals surface area contributed by atoms with Crippen LogP contribution >= 0.6 is 7.82 Å². The Balaban J connectivity index is 2.02. The standard InChI is InChI=1S/C23H26FN6O9P/c1-23(2)21(31)30(11-38-40(32,33)34)20-14(39-23)6-7-17(28-20)27-19-13(24)10-25-22(29-19)26-12-8-15(35-3)18(37-5)16(9-12)36-4/h6-10H,11H2,1-5H3,(H2,32,33,34)(H2,25,26,27,28,29)/i1D3,2D3,6D,7D,8D,9D,10D,11D2/hD2. The number of methoxy groups -OCH3 is 3. The van der Waals surface area contributed by atoms with Gasteiger partial charge >= 0.3 is 7.82 Å². The van der Waals surface area contributed by atoms with Crippen LogP contribution in [0.1, 0.15) is 31.5 Å². The maximum atomic E-state index is 15.5. The quantitative estimate of drug-likeness (QED) is 0.250. The summed E-state index contributed by atoms with van der Waals surface area (Å²) < 4.78 is 175. The number of halogens is 1. The number of amides is 1. The minimum atomic E-state index is -6.00. The smallest absolute Gasteiger partial charge is 0.471 e. The van der Waals surface area contributed by atoms with Gasteiger partial charge in [0.05, 0.1) is 37.1 Å². The largest absolute Gasteiger partial charge is 0.493 e. The van der Waals surface area contributed by atoms with E-state index in [1.807, 2.05) is 0 Å². The topological polar surface area (TPSA) is 187 Å². The van der Waals surface area contributed by atoms with E-state index in [1.54, 1.807) is 0 Å². The van der Waals surface area contributed by atoms with Crippen molar-refractivity contribution in [1.82, 2.24) is 15.0 Å². The zero-order valence-electron chi connectivity index (χ0n) is 35.3. The first-order chi connectivity index (χ1) is 25.0. The molecule has 3 heterocycles. The first kappa shape index (κ1) is 14.9. The van der Waals surface area contributed by atoms with Crippen LogP contribution in [0, 0.1) is 5.82 Å². The van der Waals surface area contributed by atoms with Gasteiger partial charge in [0, 0.05) is 26.0 Å². The van der Waals surface area contributed by atoms with E-state index in [1.165, 1.54) is 0 Å². The number of nitrogens with one attached hydrogen (secondary N) is 2. The number of benzene rings is 1. The molecule has 214 valence electrons. The number of anilines is 5. The molecule has 0 saturated carbocycles. The van der Waals surface area contributed by atoms with E-state index in [4.69, 9.17) is 39.6 Å². The van der Waals surface area contributed by atoms with Crippen molar-refractivity contribution >= 4 is 42.8 Å². The van der Waals surface area contributed by atoms with Crippen LogP contribution in [0.3, 0.4) is 0 Å². The third kappa shape index (κ3) is 6.15. The average molecular weight is 596 g/mol. The van der Waals surface area contributed by atoms with Crippen molar-refractivity contribution in [3.05, 3.63) is 36.2 Å². The molecule has 0 radical (unpaired) electrons. The van der Waals surface area contributed by atoms with Crippen LogP contribution in [-0.2, 0) is 13.9 Å². The van der Waals surface area contributed by atoms with Crippen molar-refractivity contribution in [1.29, 1.82) is 0 Å². The molecule has 0 fully saturated rings. The maximum absolute atomic E-state index is 15.5. The van der Waals surface area contributed by atoms with Crippen LogP contribution in [0.4, 0.5) is 33.5 Å². The van der Waals surface area contributed by atoms with E-state index < -0.39 is 116 Å². The fourth-order valence-corrected chi connectivity index (χ4v) is 3.07. The molecule has 17 heteroatoms. The molecule has 0 aliphatic carbocycles. The number of phosphoric ester groups is 1. The van der Waals surface area contributed by atoms with Crippen molar-refractivity contribution in [2.24, 2.45) is 0 Å². The molecule has 4 rings (SSSR count). The first-order valence-corrected chi connectivity index (χ1v) is 11.8. The molecule has 1 aliphatic heterocycles. The van der Waals surface area contributed by atoms with Gasteiger partial charge in [0.1, 0.15) is 12.5 Å². The molecule has 0 atom stereocenters. The van der Waals surface area contributed by atoms with Gasteiger partial charge in [-0.15, -0.1) is 0 Å². The number of hydrogen-bond donors (Lipinski definition) is 4. The van der Waals surface area contributed by atoms with Crippen molar-refractivity contribution in [3.8, 4) is 23.0 Å². The summed E-state index contributed by atoms with van der Waals surface area (Å²) >= 11 is 0. The summed E-state index contributed by atoms with van der Waals surface area (Å²) in [5.41, 5.74) is -4.83. The second-order valence-electron chi connectivity index (χ2n) is 7.13. The van der Waals surface area contributed by atoms with Gasteiger partial charge < -0.3 is 39.4 Å². The number of pyridine rings is 1. The first-order valence-electron chi connectivity index (χ1n) is 17.7. The lowest BCUT2D eigenvalue weighted by Gasteiger charge is -2.37. The number of hydrogen-bond acceptors (Lipinski definition) is 12. The summed E-state index contributed by atoms with van der Waals surface area (Å²) in [6.45, 7) is -12.4. The summed E-state index contributed by atoms with van der Waals surface area (Å²) in [5.74, 6) is -11.8. The van der Waals surface area contributed by atoms with Crippen molar-refractivity contribution < 1.29 is 67.7 Å². The van der Waals surface area contributed by atoms with E-state index in [2.05, 4.69) is 19.5 Å². The third-order valence-corrected chi connectivity index (χ3v) is 4.81. The third-order valence-electron chi connectivity index (χ3n) is 4.49. The molecule has 15 nitrogen and oxygen atoms in total. The molecule has 0 saturated heterocycles. The van der Waals surface area contributed by atoms with E-state index >= 15 is 4.39 Å². The highest BCUT2D eigenvalue weighted by molar-refractivity contribution is 7.46. The molecule has 1 aliphatic rings. The highest BCUT2D eigenvalue weighted by Gasteiger charge is 2.42. The van der Waals surface area contributed by atoms with E-state index in [0.717, 1.165) is 21.3 Å².